The molecule has 35 heavy (non-hydrogen) atoms. The summed E-state index contributed by atoms with van der Waals surface area (Å²) in [5.41, 5.74) is 3.37. The molecule has 0 aliphatic carbocycles. The molecule has 1 atom stereocenters. The van der Waals surface area contributed by atoms with E-state index in [0.717, 1.165) is 22.5 Å². The minimum atomic E-state index is -0.771. The number of amides is 2. The summed E-state index contributed by atoms with van der Waals surface area (Å²) >= 11 is 1.36. The van der Waals surface area contributed by atoms with E-state index in [4.69, 9.17) is 14.5 Å². The Morgan fingerprint density at radius 2 is 1.83 bits per heavy atom. The molecule has 2 amide bonds. The van der Waals surface area contributed by atoms with E-state index in [-0.39, 0.29) is 24.1 Å². The van der Waals surface area contributed by atoms with Gasteiger partial charge in [-0.15, -0.1) is 0 Å². The Kier molecular flexibility index (Phi) is 6.33. The molecule has 0 radical (unpaired) electrons. The number of likely N-dealkylation sites (N-methyl/N-ethyl adjacent to an activating group) is 1. The Hall–Kier alpha value is -3.98. The number of ether oxygens (including phenoxy) is 2. The molecule has 0 saturated carbocycles. The molecule has 2 heterocycles. The molecule has 5 rings (SSSR count). The summed E-state index contributed by atoms with van der Waals surface area (Å²) in [4.78, 5) is 32.1. The maximum atomic E-state index is 13.4. The van der Waals surface area contributed by atoms with E-state index in [1.165, 1.54) is 11.8 Å². The zero-order valence-electron chi connectivity index (χ0n) is 19.3. The lowest BCUT2D eigenvalue weighted by atomic mass is 10.2. The van der Waals surface area contributed by atoms with Crippen molar-refractivity contribution >= 4 is 40.3 Å². The standard InChI is InChI=1S/C26H24N4O4S/c1-27-25(32)23-15-29(21-9-5-6-10-22(21)34-23)24(31)16-35-26-28-19-7-3-4-8-20(19)30(26)17-11-13-18(33-2)14-12-17/h3-14,23H,15-16H2,1-2H3,(H,27,32). The molecule has 9 heteroatoms. The quantitative estimate of drug-likeness (QED) is 0.417. The topological polar surface area (TPSA) is 85.7 Å². The molecule has 3 aromatic carbocycles. The van der Waals surface area contributed by atoms with Crippen LogP contribution in [0.4, 0.5) is 5.69 Å². The van der Waals surface area contributed by atoms with E-state index in [2.05, 4.69) is 5.32 Å². The first-order chi connectivity index (χ1) is 17.1. The minimum absolute atomic E-state index is 0.131. The molecular formula is C26H24N4O4S. The number of methoxy groups -OCH3 is 1. The van der Waals surface area contributed by atoms with Crippen LogP contribution in [0.5, 0.6) is 11.5 Å². The largest absolute Gasteiger partial charge is 0.497 e. The maximum Gasteiger partial charge on any atom is 0.262 e. The number of para-hydroxylation sites is 4. The van der Waals surface area contributed by atoms with Gasteiger partial charge in [0.25, 0.3) is 5.91 Å². The van der Waals surface area contributed by atoms with Gasteiger partial charge in [0.05, 0.1) is 36.1 Å². The van der Waals surface area contributed by atoms with E-state index in [0.29, 0.717) is 16.6 Å². The van der Waals surface area contributed by atoms with Crippen LogP contribution in [-0.2, 0) is 9.59 Å². The van der Waals surface area contributed by atoms with Crippen LogP contribution in [0.25, 0.3) is 16.7 Å². The van der Waals surface area contributed by atoms with Crippen LogP contribution < -0.4 is 19.7 Å². The lowest BCUT2D eigenvalue weighted by Gasteiger charge is -2.34. The third kappa shape index (κ3) is 4.42. The van der Waals surface area contributed by atoms with Crippen molar-refractivity contribution in [2.45, 2.75) is 11.3 Å². The summed E-state index contributed by atoms with van der Waals surface area (Å²) in [6, 6.07) is 22.8. The monoisotopic (exact) mass is 488 g/mol. The fourth-order valence-electron chi connectivity index (χ4n) is 4.05. The lowest BCUT2D eigenvalue weighted by Crippen LogP contribution is -2.50. The van der Waals surface area contributed by atoms with Crippen molar-refractivity contribution < 1.29 is 19.1 Å². The fraction of sp³-hybridized carbons (Fsp3) is 0.192. The first kappa shape index (κ1) is 22.8. The number of hydrogen-bond acceptors (Lipinski definition) is 6. The second-order valence-electron chi connectivity index (χ2n) is 7.90. The molecule has 1 unspecified atom stereocenters. The van der Waals surface area contributed by atoms with Crippen LogP contribution in [-0.4, -0.2) is 53.9 Å². The van der Waals surface area contributed by atoms with Crippen LogP contribution in [0.3, 0.4) is 0 Å². The normalized spacial score (nSPS) is 14.8. The SMILES string of the molecule is CNC(=O)C1CN(C(=O)CSc2nc3ccccc3n2-c2ccc(OC)cc2)c2ccccc2O1. The number of carbonyl (C=O) groups excluding carboxylic acids is 2. The predicted octanol–water partition coefficient (Wildman–Crippen LogP) is 3.67. The Morgan fingerprint density at radius 1 is 1.09 bits per heavy atom. The predicted molar refractivity (Wildman–Crippen MR) is 136 cm³/mol. The highest BCUT2D eigenvalue weighted by Gasteiger charge is 2.33. The second-order valence-corrected chi connectivity index (χ2v) is 8.84. The Morgan fingerprint density at radius 3 is 2.60 bits per heavy atom. The van der Waals surface area contributed by atoms with Crippen molar-refractivity contribution in [3.05, 3.63) is 72.8 Å². The molecule has 1 N–H and O–H groups in total. The van der Waals surface area contributed by atoms with E-state index in [1.807, 2.05) is 71.3 Å². The van der Waals surface area contributed by atoms with E-state index in [1.54, 1.807) is 25.1 Å². The highest BCUT2D eigenvalue weighted by molar-refractivity contribution is 7.99. The minimum Gasteiger partial charge on any atom is -0.497 e. The molecular weight excluding hydrogens is 464 g/mol. The van der Waals surface area contributed by atoms with E-state index >= 15 is 0 Å². The first-order valence-corrected chi connectivity index (χ1v) is 12.1. The molecule has 4 aromatic rings. The molecule has 0 saturated heterocycles. The van der Waals surface area contributed by atoms with Gasteiger partial charge in [-0.2, -0.15) is 0 Å². The van der Waals surface area contributed by atoms with Crippen molar-refractivity contribution in [1.82, 2.24) is 14.9 Å². The Balaban J connectivity index is 1.43. The highest BCUT2D eigenvalue weighted by Crippen LogP contribution is 2.35. The Labute approximate surface area is 206 Å². The molecule has 0 spiro atoms. The molecule has 178 valence electrons. The molecule has 1 aromatic heterocycles. The summed E-state index contributed by atoms with van der Waals surface area (Å²) in [5, 5.41) is 3.31. The van der Waals surface area contributed by atoms with Gasteiger partial charge in [0.1, 0.15) is 11.5 Å². The number of thioether (sulfide) groups is 1. The number of benzene rings is 3. The number of anilines is 1. The van der Waals surface area contributed by atoms with E-state index < -0.39 is 6.10 Å². The zero-order valence-corrected chi connectivity index (χ0v) is 20.1. The third-order valence-corrected chi connectivity index (χ3v) is 6.72. The summed E-state index contributed by atoms with van der Waals surface area (Å²) in [6.07, 6.45) is -0.771. The van der Waals surface area contributed by atoms with Crippen LogP contribution in [0.1, 0.15) is 0 Å². The van der Waals surface area contributed by atoms with Gasteiger partial charge in [0.2, 0.25) is 5.91 Å². The average Bonchev–Trinajstić information content (AvgIpc) is 3.29. The van der Waals surface area contributed by atoms with Gasteiger partial charge in [-0.3, -0.25) is 14.2 Å². The summed E-state index contributed by atoms with van der Waals surface area (Å²) < 4.78 is 13.2. The number of imidazole rings is 1. The van der Waals surface area contributed by atoms with Gasteiger partial charge in [0.15, 0.2) is 11.3 Å². The molecule has 1 aliphatic heterocycles. The molecule has 0 bridgehead atoms. The molecule has 0 fully saturated rings. The molecule has 8 nitrogen and oxygen atoms in total. The average molecular weight is 489 g/mol. The van der Waals surface area contributed by atoms with Crippen molar-refractivity contribution in [3.63, 3.8) is 0 Å². The number of fused-ring (bicyclic) bond motifs is 2. The van der Waals surface area contributed by atoms with Gasteiger partial charge in [0, 0.05) is 12.7 Å². The van der Waals surface area contributed by atoms with Gasteiger partial charge in [-0.25, -0.2) is 4.98 Å². The fourth-order valence-corrected chi connectivity index (χ4v) is 4.96. The molecule has 1 aliphatic rings. The zero-order chi connectivity index (χ0) is 24.4. The summed E-state index contributed by atoms with van der Waals surface area (Å²) in [7, 11) is 3.19. The van der Waals surface area contributed by atoms with Crippen molar-refractivity contribution in [3.8, 4) is 17.2 Å². The first-order valence-electron chi connectivity index (χ1n) is 11.1. The second kappa shape index (κ2) is 9.71. The Bertz CT molecular complexity index is 1390. The number of nitrogens with zero attached hydrogens (tertiary/aromatic N) is 3. The number of nitrogens with one attached hydrogen (secondary N) is 1. The van der Waals surface area contributed by atoms with Crippen molar-refractivity contribution in [2.75, 3.05) is 31.4 Å². The smallest absolute Gasteiger partial charge is 0.262 e. The summed E-state index contributed by atoms with van der Waals surface area (Å²) in [5.74, 6) is 1.02. The number of aromatic nitrogens is 2. The van der Waals surface area contributed by atoms with Crippen molar-refractivity contribution in [1.29, 1.82) is 0 Å². The van der Waals surface area contributed by atoms with Gasteiger partial charge in [-0.1, -0.05) is 36.0 Å². The lowest BCUT2D eigenvalue weighted by molar-refractivity contribution is -0.127. The van der Waals surface area contributed by atoms with Gasteiger partial charge in [-0.05, 0) is 48.5 Å². The van der Waals surface area contributed by atoms with Crippen LogP contribution in [0, 0.1) is 0 Å². The van der Waals surface area contributed by atoms with Crippen LogP contribution in [0.15, 0.2) is 78.0 Å². The number of hydrogen-bond donors (Lipinski definition) is 1. The van der Waals surface area contributed by atoms with Gasteiger partial charge >= 0.3 is 0 Å². The van der Waals surface area contributed by atoms with Crippen LogP contribution >= 0.6 is 11.8 Å². The van der Waals surface area contributed by atoms with E-state index in [9.17, 15) is 9.59 Å². The maximum absolute atomic E-state index is 13.4. The number of carbonyl (C=O) groups is 2. The van der Waals surface area contributed by atoms with Crippen molar-refractivity contribution in [2.24, 2.45) is 0 Å². The highest BCUT2D eigenvalue weighted by atomic mass is 32.2. The summed E-state index contributed by atoms with van der Waals surface area (Å²) in [6.45, 7) is 0.144. The number of rotatable bonds is 6. The third-order valence-electron chi connectivity index (χ3n) is 5.80. The van der Waals surface area contributed by atoms with Gasteiger partial charge < -0.3 is 19.7 Å². The van der Waals surface area contributed by atoms with Crippen LogP contribution in [0.2, 0.25) is 0 Å².